The van der Waals surface area contributed by atoms with Crippen LogP contribution in [0.2, 0.25) is 5.02 Å². The molecule has 2 aromatic rings. The number of nitrogens with one attached hydrogen (secondary N) is 2. The van der Waals surface area contributed by atoms with Crippen LogP contribution in [0.25, 0.3) is 0 Å². The molecule has 8 heteroatoms. The molecule has 2 rings (SSSR count). The summed E-state index contributed by atoms with van der Waals surface area (Å²) in [5.41, 5.74) is 0.956. The van der Waals surface area contributed by atoms with E-state index in [-0.39, 0.29) is 17.9 Å². The van der Waals surface area contributed by atoms with Gasteiger partial charge in [0.05, 0.1) is 6.42 Å². The zero-order valence-corrected chi connectivity index (χ0v) is 13.6. The van der Waals surface area contributed by atoms with E-state index in [2.05, 4.69) is 5.32 Å². The number of carbonyl (C=O) groups is 2. The molecule has 2 aromatic carbocycles. The Balaban J connectivity index is 2.00. The normalized spacial score (nSPS) is 11.0. The van der Waals surface area contributed by atoms with Crippen LogP contribution in [-0.4, -0.2) is 24.5 Å². The zero-order chi connectivity index (χ0) is 18.4. The summed E-state index contributed by atoms with van der Waals surface area (Å²) in [6.07, 6.45) is -4.46. The van der Waals surface area contributed by atoms with E-state index in [1.807, 2.05) is 0 Å². The Morgan fingerprint density at radius 1 is 1.04 bits per heavy atom. The minimum atomic E-state index is -4.49. The van der Waals surface area contributed by atoms with Crippen molar-refractivity contribution in [3.63, 3.8) is 0 Å². The molecule has 4 nitrogen and oxygen atoms in total. The van der Waals surface area contributed by atoms with Crippen LogP contribution in [0.15, 0.2) is 48.5 Å². The molecule has 25 heavy (non-hydrogen) atoms. The number of halogens is 4. The van der Waals surface area contributed by atoms with Crippen molar-refractivity contribution in [2.45, 2.75) is 12.6 Å². The molecule has 0 aromatic heterocycles. The Labute approximate surface area is 147 Å². The monoisotopic (exact) mass is 370 g/mol. The number of amides is 2. The maximum absolute atomic E-state index is 12.1. The Kier molecular flexibility index (Phi) is 6.03. The fraction of sp³-hybridized carbons (Fsp3) is 0.176. The van der Waals surface area contributed by atoms with Gasteiger partial charge in [-0.3, -0.25) is 9.59 Å². The van der Waals surface area contributed by atoms with Crippen molar-refractivity contribution in [3.05, 3.63) is 64.7 Å². The topological polar surface area (TPSA) is 58.2 Å². The molecular formula is C17H14ClF3N2O2. The first-order valence-electron chi connectivity index (χ1n) is 7.23. The lowest BCUT2D eigenvalue weighted by molar-refractivity contribution is -0.123. The van der Waals surface area contributed by atoms with Crippen LogP contribution in [0.3, 0.4) is 0 Å². The summed E-state index contributed by atoms with van der Waals surface area (Å²) in [5, 5.41) is 4.81. The molecule has 0 aliphatic carbocycles. The second-order valence-electron chi connectivity index (χ2n) is 5.20. The van der Waals surface area contributed by atoms with Gasteiger partial charge in [-0.05, 0) is 29.8 Å². The summed E-state index contributed by atoms with van der Waals surface area (Å²) in [4.78, 5) is 23.8. The average molecular weight is 371 g/mol. The molecule has 0 atom stereocenters. The van der Waals surface area contributed by atoms with Gasteiger partial charge in [-0.1, -0.05) is 35.9 Å². The summed E-state index contributed by atoms with van der Waals surface area (Å²) in [5.74, 6) is -1.24. The van der Waals surface area contributed by atoms with E-state index < -0.39 is 18.6 Å². The third kappa shape index (κ3) is 6.11. The van der Waals surface area contributed by atoms with Crippen molar-refractivity contribution in [3.8, 4) is 0 Å². The predicted octanol–water partition coefficient (Wildman–Crippen LogP) is 3.81. The van der Waals surface area contributed by atoms with Crippen molar-refractivity contribution in [2.75, 3.05) is 11.9 Å². The standard InChI is InChI=1S/C17H14ClF3N2O2/c18-14-7-2-1-4-11(14)9-15(24)23-13-6-3-5-12(8-13)16(25)22-10-17(19,20)21/h1-8H,9-10H2,(H,22,25)(H,23,24). The van der Waals surface area contributed by atoms with Gasteiger partial charge in [0.15, 0.2) is 0 Å². The molecule has 0 saturated carbocycles. The second kappa shape index (κ2) is 8.02. The highest BCUT2D eigenvalue weighted by Crippen LogP contribution is 2.17. The van der Waals surface area contributed by atoms with Crippen LogP contribution in [0, 0.1) is 0 Å². The van der Waals surface area contributed by atoms with Crippen LogP contribution in [-0.2, 0) is 11.2 Å². The van der Waals surface area contributed by atoms with Gasteiger partial charge in [-0.15, -0.1) is 0 Å². The van der Waals surface area contributed by atoms with E-state index >= 15 is 0 Å². The smallest absolute Gasteiger partial charge is 0.343 e. The highest BCUT2D eigenvalue weighted by molar-refractivity contribution is 6.31. The second-order valence-corrected chi connectivity index (χ2v) is 5.60. The summed E-state index contributed by atoms with van der Waals surface area (Å²) in [6, 6.07) is 12.5. The van der Waals surface area contributed by atoms with Crippen LogP contribution in [0.1, 0.15) is 15.9 Å². The molecule has 132 valence electrons. The number of rotatable bonds is 5. The molecular weight excluding hydrogens is 357 g/mol. The van der Waals surface area contributed by atoms with E-state index in [0.717, 1.165) is 0 Å². The molecule has 2 amide bonds. The van der Waals surface area contributed by atoms with Gasteiger partial charge in [-0.25, -0.2) is 0 Å². The van der Waals surface area contributed by atoms with Crippen molar-refractivity contribution < 1.29 is 22.8 Å². The van der Waals surface area contributed by atoms with Gasteiger partial charge in [0.25, 0.3) is 5.91 Å². The van der Waals surface area contributed by atoms with E-state index in [4.69, 9.17) is 11.6 Å². The van der Waals surface area contributed by atoms with Gasteiger partial charge in [0.2, 0.25) is 5.91 Å². The minimum Gasteiger partial charge on any atom is -0.343 e. The average Bonchev–Trinajstić information content (AvgIpc) is 2.54. The molecule has 0 fully saturated rings. The number of alkyl halides is 3. The van der Waals surface area contributed by atoms with E-state index in [9.17, 15) is 22.8 Å². The van der Waals surface area contributed by atoms with Crippen molar-refractivity contribution in [2.24, 2.45) is 0 Å². The largest absolute Gasteiger partial charge is 0.405 e. The first-order chi connectivity index (χ1) is 11.7. The van der Waals surface area contributed by atoms with Gasteiger partial charge >= 0.3 is 6.18 Å². The summed E-state index contributed by atoms with van der Waals surface area (Å²) >= 11 is 5.98. The van der Waals surface area contributed by atoms with Crippen molar-refractivity contribution in [1.82, 2.24) is 5.32 Å². The quantitative estimate of drug-likeness (QED) is 0.840. The molecule has 0 heterocycles. The molecule has 0 aliphatic heterocycles. The molecule has 0 aliphatic rings. The van der Waals surface area contributed by atoms with Crippen LogP contribution >= 0.6 is 11.6 Å². The minimum absolute atomic E-state index is 0.0137. The maximum atomic E-state index is 12.1. The Morgan fingerprint density at radius 2 is 1.76 bits per heavy atom. The van der Waals surface area contributed by atoms with Crippen molar-refractivity contribution in [1.29, 1.82) is 0 Å². The third-order valence-electron chi connectivity index (χ3n) is 3.17. The van der Waals surface area contributed by atoms with Gasteiger partial charge in [-0.2, -0.15) is 13.2 Å². The molecule has 2 N–H and O–H groups in total. The highest BCUT2D eigenvalue weighted by Gasteiger charge is 2.27. The summed E-state index contributed by atoms with van der Waals surface area (Å²) < 4.78 is 36.4. The Morgan fingerprint density at radius 3 is 2.44 bits per heavy atom. The number of carbonyl (C=O) groups excluding carboxylic acids is 2. The molecule has 0 unspecified atom stereocenters. The van der Waals surface area contributed by atoms with Crippen LogP contribution < -0.4 is 10.6 Å². The predicted molar refractivity (Wildman–Crippen MR) is 88.6 cm³/mol. The number of benzene rings is 2. The number of hydrogen-bond donors (Lipinski definition) is 2. The fourth-order valence-electron chi connectivity index (χ4n) is 2.04. The lowest BCUT2D eigenvalue weighted by Gasteiger charge is -2.10. The lowest BCUT2D eigenvalue weighted by atomic mass is 10.1. The Hall–Kier alpha value is -2.54. The fourth-order valence-corrected chi connectivity index (χ4v) is 2.24. The highest BCUT2D eigenvalue weighted by atomic mass is 35.5. The third-order valence-corrected chi connectivity index (χ3v) is 3.54. The van der Waals surface area contributed by atoms with Gasteiger partial charge in [0.1, 0.15) is 6.54 Å². The molecule has 0 spiro atoms. The van der Waals surface area contributed by atoms with Gasteiger partial charge < -0.3 is 10.6 Å². The molecule has 0 bridgehead atoms. The first-order valence-corrected chi connectivity index (χ1v) is 7.61. The summed E-state index contributed by atoms with van der Waals surface area (Å²) in [6.45, 7) is -1.42. The van der Waals surface area contributed by atoms with E-state index in [1.165, 1.54) is 24.3 Å². The van der Waals surface area contributed by atoms with Crippen LogP contribution in [0.5, 0.6) is 0 Å². The van der Waals surface area contributed by atoms with Gasteiger partial charge in [0, 0.05) is 16.3 Å². The van der Waals surface area contributed by atoms with E-state index in [1.54, 1.807) is 29.6 Å². The first kappa shape index (κ1) is 18.8. The van der Waals surface area contributed by atoms with E-state index in [0.29, 0.717) is 16.3 Å². The maximum Gasteiger partial charge on any atom is 0.405 e. The summed E-state index contributed by atoms with van der Waals surface area (Å²) in [7, 11) is 0. The van der Waals surface area contributed by atoms with Crippen LogP contribution in [0.4, 0.5) is 18.9 Å². The number of anilines is 1. The molecule has 0 radical (unpaired) electrons. The lowest BCUT2D eigenvalue weighted by Crippen LogP contribution is -2.33. The van der Waals surface area contributed by atoms with Crippen molar-refractivity contribution >= 4 is 29.1 Å². The SMILES string of the molecule is O=C(Cc1ccccc1Cl)Nc1cccc(C(=O)NCC(F)(F)F)c1. The number of hydrogen-bond acceptors (Lipinski definition) is 2. The Bertz CT molecular complexity index is 778. The zero-order valence-electron chi connectivity index (χ0n) is 12.9. The molecule has 0 saturated heterocycles.